The van der Waals surface area contributed by atoms with Crippen LogP contribution in [0.5, 0.6) is 0 Å². The van der Waals surface area contributed by atoms with Gasteiger partial charge in [0.1, 0.15) is 11.7 Å². The summed E-state index contributed by atoms with van der Waals surface area (Å²) in [6.07, 6.45) is 3.16. The Kier molecular flexibility index (Phi) is 5.01. The minimum atomic E-state index is -1.32. The molecule has 3 N–H and O–H groups in total. The monoisotopic (exact) mass is 422 g/mol. The number of ketones is 1. The van der Waals surface area contributed by atoms with Crippen molar-refractivity contribution in [1.82, 2.24) is 0 Å². The van der Waals surface area contributed by atoms with Crippen molar-refractivity contribution in [1.29, 1.82) is 0 Å². The number of fused-ring (bicyclic) bond motifs is 5. The van der Waals surface area contributed by atoms with E-state index in [0.717, 1.165) is 19.3 Å². The minimum Gasteiger partial charge on any atom is -0.462 e. The molecular formula is C24H38O6. The van der Waals surface area contributed by atoms with Gasteiger partial charge in [0.05, 0.1) is 11.7 Å². The lowest BCUT2D eigenvalue weighted by atomic mass is 9.42. The van der Waals surface area contributed by atoms with E-state index in [2.05, 4.69) is 13.8 Å². The molecule has 170 valence electrons. The van der Waals surface area contributed by atoms with Gasteiger partial charge in [-0.3, -0.25) is 9.59 Å². The molecule has 6 heteroatoms. The van der Waals surface area contributed by atoms with Crippen LogP contribution in [0.25, 0.3) is 0 Å². The first-order chi connectivity index (χ1) is 13.8. The molecule has 0 aliphatic heterocycles. The molecule has 10 atom stereocenters. The van der Waals surface area contributed by atoms with Gasteiger partial charge in [-0.25, -0.2) is 0 Å². The summed E-state index contributed by atoms with van der Waals surface area (Å²) in [6, 6.07) is 0. The smallest absolute Gasteiger partial charge is 0.302 e. The van der Waals surface area contributed by atoms with Gasteiger partial charge in [0.15, 0.2) is 5.78 Å². The van der Waals surface area contributed by atoms with E-state index in [-0.39, 0.29) is 47.9 Å². The van der Waals surface area contributed by atoms with Crippen molar-refractivity contribution in [2.45, 2.75) is 103 Å². The third-order valence-electron chi connectivity index (χ3n) is 10.3. The molecule has 0 radical (unpaired) electrons. The summed E-state index contributed by atoms with van der Waals surface area (Å²) >= 11 is 0. The average molecular weight is 423 g/mol. The molecular weight excluding hydrogens is 384 g/mol. The molecule has 30 heavy (non-hydrogen) atoms. The second-order valence-corrected chi connectivity index (χ2v) is 11.4. The highest BCUT2D eigenvalue weighted by atomic mass is 16.5. The Bertz CT molecular complexity index is 752. The Hall–Kier alpha value is -0.980. The number of Topliss-reactive ketones (excluding diaryl/α,β-unsaturated/α-hetero) is 1. The fraction of sp³-hybridized carbons (Fsp3) is 0.917. The molecule has 0 aromatic heterocycles. The number of aliphatic hydroxyl groups excluding tert-OH is 1. The first-order valence-electron chi connectivity index (χ1n) is 11.6. The van der Waals surface area contributed by atoms with Gasteiger partial charge in [0, 0.05) is 24.2 Å². The van der Waals surface area contributed by atoms with Crippen molar-refractivity contribution in [3.63, 3.8) is 0 Å². The van der Waals surface area contributed by atoms with E-state index < -0.39 is 28.1 Å². The van der Waals surface area contributed by atoms with Gasteiger partial charge in [-0.05, 0) is 69.1 Å². The largest absolute Gasteiger partial charge is 0.462 e. The van der Waals surface area contributed by atoms with Crippen LogP contribution in [0, 0.1) is 34.5 Å². The van der Waals surface area contributed by atoms with Crippen LogP contribution in [0.15, 0.2) is 0 Å². The van der Waals surface area contributed by atoms with E-state index in [1.54, 1.807) is 0 Å². The first-order valence-corrected chi connectivity index (χ1v) is 11.6. The zero-order valence-electron chi connectivity index (χ0n) is 19.0. The Labute approximate surface area is 179 Å². The average Bonchev–Trinajstić information content (AvgIpc) is 2.85. The van der Waals surface area contributed by atoms with Crippen LogP contribution >= 0.6 is 0 Å². The number of aliphatic hydroxyl groups is 3. The van der Waals surface area contributed by atoms with Gasteiger partial charge in [-0.15, -0.1) is 0 Å². The van der Waals surface area contributed by atoms with Crippen molar-refractivity contribution in [3.05, 3.63) is 0 Å². The van der Waals surface area contributed by atoms with Crippen molar-refractivity contribution < 1.29 is 29.6 Å². The second-order valence-electron chi connectivity index (χ2n) is 11.4. The summed E-state index contributed by atoms with van der Waals surface area (Å²) in [5.74, 6) is -0.114. The molecule has 0 saturated heterocycles. The highest BCUT2D eigenvalue weighted by Crippen LogP contribution is 2.70. The molecule has 0 heterocycles. The van der Waals surface area contributed by atoms with Gasteiger partial charge in [-0.2, -0.15) is 0 Å². The lowest BCUT2D eigenvalue weighted by molar-refractivity contribution is -0.269. The maximum Gasteiger partial charge on any atom is 0.302 e. The number of esters is 1. The molecule has 4 rings (SSSR count). The third-order valence-corrected chi connectivity index (χ3v) is 10.3. The van der Waals surface area contributed by atoms with Crippen molar-refractivity contribution in [3.8, 4) is 0 Å². The number of carbonyl (C=O) groups excluding carboxylic acids is 2. The van der Waals surface area contributed by atoms with E-state index in [1.165, 1.54) is 13.8 Å². The molecule has 0 amide bonds. The summed E-state index contributed by atoms with van der Waals surface area (Å²) in [5.41, 5.74) is -3.59. The molecule has 4 aliphatic rings. The minimum absolute atomic E-state index is 0.116. The Balaban J connectivity index is 1.68. The number of carbonyl (C=O) groups is 2. The second kappa shape index (κ2) is 6.76. The highest BCUT2D eigenvalue weighted by Gasteiger charge is 2.71. The molecule has 4 saturated carbocycles. The Morgan fingerprint density at radius 1 is 0.967 bits per heavy atom. The predicted octanol–water partition coefficient (Wildman–Crippen LogP) is 2.61. The summed E-state index contributed by atoms with van der Waals surface area (Å²) in [4.78, 5) is 24.0. The Morgan fingerprint density at radius 3 is 2.20 bits per heavy atom. The van der Waals surface area contributed by atoms with Gasteiger partial charge < -0.3 is 20.1 Å². The Morgan fingerprint density at radius 2 is 1.60 bits per heavy atom. The van der Waals surface area contributed by atoms with Crippen LogP contribution in [-0.4, -0.2) is 50.5 Å². The van der Waals surface area contributed by atoms with Crippen LogP contribution in [0.1, 0.15) is 79.6 Å². The summed E-state index contributed by atoms with van der Waals surface area (Å²) in [5, 5.41) is 34.5. The zero-order valence-corrected chi connectivity index (χ0v) is 19.0. The fourth-order valence-electron chi connectivity index (χ4n) is 8.67. The third kappa shape index (κ3) is 2.59. The first kappa shape index (κ1) is 22.2. The van der Waals surface area contributed by atoms with Crippen molar-refractivity contribution in [2.75, 3.05) is 0 Å². The zero-order chi connectivity index (χ0) is 22.3. The summed E-state index contributed by atoms with van der Waals surface area (Å²) in [6.45, 7) is 9.01. The highest BCUT2D eigenvalue weighted by molar-refractivity contribution is 5.86. The van der Waals surface area contributed by atoms with E-state index in [9.17, 15) is 24.9 Å². The van der Waals surface area contributed by atoms with Crippen LogP contribution in [0.4, 0.5) is 0 Å². The standard InChI is InChI=1S/C24H38O6/c1-13-10-19-17-11-20(27)23(28)12-16(30-15(3)26)6-8-21(23,4)18(17)7-9-22(19,5)24(13,29)14(2)25/h13,16-20,27-29H,6-12H2,1-5H3. The number of ether oxygens (including phenoxy) is 1. The quantitative estimate of drug-likeness (QED) is 0.591. The number of hydrogen-bond acceptors (Lipinski definition) is 6. The maximum absolute atomic E-state index is 12.5. The maximum atomic E-state index is 12.5. The summed E-state index contributed by atoms with van der Waals surface area (Å²) in [7, 11) is 0. The van der Waals surface area contributed by atoms with E-state index in [0.29, 0.717) is 19.3 Å². The number of hydrogen-bond donors (Lipinski definition) is 3. The molecule has 4 fully saturated rings. The van der Waals surface area contributed by atoms with Gasteiger partial charge in [0.25, 0.3) is 0 Å². The van der Waals surface area contributed by atoms with Gasteiger partial charge >= 0.3 is 5.97 Å². The molecule has 0 spiro atoms. The van der Waals surface area contributed by atoms with Crippen LogP contribution in [0.2, 0.25) is 0 Å². The van der Waals surface area contributed by atoms with Crippen molar-refractivity contribution in [2.24, 2.45) is 34.5 Å². The lowest BCUT2D eigenvalue weighted by Crippen LogP contribution is -2.69. The summed E-state index contributed by atoms with van der Waals surface area (Å²) < 4.78 is 5.41. The van der Waals surface area contributed by atoms with E-state index >= 15 is 0 Å². The van der Waals surface area contributed by atoms with Gasteiger partial charge in [0.2, 0.25) is 0 Å². The molecule has 6 nitrogen and oxygen atoms in total. The van der Waals surface area contributed by atoms with Crippen LogP contribution in [0.3, 0.4) is 0 Å². The molecule has 10 unspecified atom stereocenters. The fourth-order valence-corrected chi connectivity index (χ4v) is 8.67. The normalized spacial score (nSPS) is 55.2. The predicted molar refractivity (Wildman–Crippen MR) is 110 cm³/mol. The molecule has 0 aromatic carbocycles. The van der Waals surface area contributed by atoms with Crippen LogP contribution < -0.4 is 0 Å². The molecule has 0 bridgehead atoms. The van der Waals surface area contributed by atoms with E-state index in [1.807, 2.05) is 6.92 Å². The SMILES string of the molecule is CC(=O)OC1CCC2(C)C3CCC4(C)C(CC(C)C4(O)C(C)=O)C3CC(O)C2(O)C1. The number of rotatable bonds is 2. The molecule has 4 aliphatic carbocycles. The van der Waals surface area contributed by atoms with Crippen LogP contribution in [-0.2, 0) is 14.3 Å². The van der Waals surface area contributed by atoms with E-state index in [4.69, 9.17) is 4.74 Å². The van der Waals surface area contributed by atoms with Crippen molar-refractivity contribution >= 4 is 11.8 Å². The lowest BCUT2D eigenvalue weighted by Gasteiger charge is -2.65. The van der Waals surface area contributed by atoms with Gasteiger partial charge in [-0.1, -0.05) is 20.8 Å². The topological polar surface area (TPSA) is 104 Å². The molecule has 0 aromatic rings.